The Kier molecular flexibility index (Phi) is 3.70. The van der Waals surface area contributed by atoms with Crippen LogP contribution >= 0.6 is 0 Å². The van der Waals surface area contributed by atoms with Gasteiger partial charge in [-0.05, 0) is 0 Å². The summed E-state index contributed by atoms with van der Waals surface area (Å²) in [5.74, 6) is 0.239. The summed E-state index contributed by atoms with van der Waals surface area (Å²) < 4.78 is 12.7. The van der Waals surface area contributed by atoms with Gasteiger partial charge in [0.2, 0.25) is 0 Å². The molecular weight excluding hydrogens is 292 g/mol. The number of hydrogen-bond acceptors (Lipinski definition) is 9. The normalized spacial score (nSPS) is 31.9. The lowest BCUT2D eigenvalue weighted by atomic mass is 9.96. The monoisotopic (exact) mass is 310 g/mol. The zero-order valence-corrected chi connectivity index (χ0v) is 12.0. The Morgan fingerprint density at radius 3 is 2.86 bits per heavy atom. The van der Waals surface area contributed by atoms with E-state index in [4.69, 9.17) is 20.9 Å². The zero-order chi connectivity index (χ0) is 15.9. The topological polar surface area (TPSA) is 155 Å². The summed E-state index contributed by atoms with van der Waals surface area (Å²) in [6.45, 7) is -0.504. The Bertz CT molecular complexity index is 673. The van der Waals surface area contributed by atoms with Crippen molar-refractivity contribution in [3.05, 3.63) is 12.7 Å². The van der Waals surface area contributed by atoms with Crippen molar-refractivity contribution in [3.63, 3.8) is 0 Å². The van der Waals surface area contributed by atoms with Crippen molar-refractivity contribution in [2.45, 2.75) is 24.0 Å². The van der Waals surface area contributed by atoms with Gasteiger partial charge in [-0.25, -0.2) is 15.0 Å². The molecule has 0 amide bonds. The molecule has 3 rings (SSSR count). The number of methoxy groups -OCH3 is 1. The fraction of sp³-hybridized carbons (Fsp3) is 0.583. The van der Waals surface area contributed by atoms with Gasteiger partial charge in [0.25, 0.3) is 0 Å². The van der Waals surface area contributed by atoms with Gasteiger partial charge in [0.1, 0.15) is 29.7 Å². The summed E-state index contributed by atoms with van der Waals surface area (Å²) in [5.41, 5.74) is 11.0. The summed E-state index contributed by atoms with van der Waals surface area (Å²) in [6, 6.07) is 0. The van der Waals surface area contributed by atoms with Crippen LogP contribution in [0.3, 0.4) is 0 Å². The predicted octanol–water partition coefficient (Wildman–Crippen LogP) is -2.00. The number of ether oxygens (including phenoxy) is 2. The minimum Gasteiger partial charge on any atom is -0.393 e. The highest BCUT2D eigenvalue weighted by molar-refractivity contribution is 5.81. The van der Waals surface area contributed by atoms with Crippen LogP contribution in [0.15, 0.2) is 12.7 Å². The molecule has 0 radical (unpaired) electrons. The number of anilines is 1. The molecule has 0 saturated carbocycles. The van der Waals surface area contributed by atoms with Crippen molar-refractivity contribution in [1.29, 1.82) is 0 Å². The van der Waals surface area contributed by atoms with Gasteiger partial charge in [-0.15, -0.1) is 0 Å². The van der Waals surface area contributed by atoms with Crippen LogP contribution in [0.1, 0.15) is 6.23 Å². The predicted molar refractivity (Wildman–Crippen MR) is 75.5 cm³/mol. The van der Waals surface area contributed by atoms with Gasteiger partial charge in [0.15, 0.2) is 17.7 Å². The third kappa shape index (κ3) is 1.96. The van der Waals surface area contributed by atoms with Crippen LogP contribution in [0.4, 0.5) is 5.82 Å². The number of aliphatic hydroxyl groups excluding tert-OH is 2. The first-order valence-electron chi connectivity index (χ1n) is 6.70. The highest BCUT2D eigenvalue weighted by Crippen LogP contribution is 2.39. The first-order chi connectivity index (χ1) is 10.6. The molecule has 0 aliphatic carbocycles. The quantitative estimate of drug-likeness (QED) is 0.502. The highest BCUT2D eigenvalue weighted by Gasteiger charge is 2.55. The molecule has 1 fully saturated rings. The lowest BCUT2D eigenvalue weighted by molar-refractivity contribution is -0.121. The van der Waals surface area contributed by atoms with E-state index in [2.05, 4.69) is 15.0 Å². The second kappa shape index (κ2) is 5.41. The maximum atomic E-state index is 10.4. The van der Waals surface area contributed by atoms with Crippen molar-refractivity contribution >= 4 is 17.0 Å². The molecule has 3 heterocycles. The van der Waals surface area contributed by atoms with E-state index in [1.165, 1.54) is 19.8 Å². The zero-order valence-electron chi connectivity index (χ0n) is 12.0. The lowest BCUT2D eigenvalue weighted by Gasteiger charge is -2.28. The first kappa shape index (κ1) is 15.1. The molecule has 0 spiro atoms. The van der Waals surface area contributed by atoms with Crippen molar-refractivity contribution in [1.82, 2.24) is 19.5 Å². The van der Waals surface area contributed by atoms with Crippen LogP contribution in [-0.2, 0) is 9.47 Å². The summed E-state index contributed by atoms with van der Waals surface area (Å²) in [4.78, 5) is 12.2. The molecule has 4 atom stereocenters. The van der Waals surface area contributed by atoms with Gasteiger partial charge < -0.3 is 31.2 Å². The van der Waals surface area contributed by atoms with E-state index in [1.807, 2.05) is 0 Å². The Morgan fingerprint density at radius 2 is 2.23 bits per heavy atom. The molecule has 6 N–H and O–H groups in total. The van der Waals surface area contributed by atoms with Crippen molar-refractivity contribution in [2.24, 2.45) is 5.73 Å². The van der Waals surface area contributed by atoms with E-state index in [0.717, 1.165) is 0 Å². The molecule has 1 saturated heterocycles. The summed E-state index contributed by atoms with van der Waals surface area (Å²) in [5, 5.41) is 20.0. The largest absolute Gasteiger partial charge is 0.393 e. The summed E-state index contributed by atoms with van der Waals surface area (Å²) in [7, 11) is 1.44. The van der Waals surface area contributed by atoms with Gasteiger partial charge >= 0.3 is 0 Å². The van der Waals surface area contributed by atoms with E-state index in [1.54, 1.807) is 4.57 Å². The fourth-order valence-corrected chi connectivity index (χ4v) is 2.71. The minimum absolute atomic E-state index is 0.0647. The van der Waals surface area contributed by atoms with Gasteiger partial charge in [-0.1, -0.05) is 0 Å². The number of imidazole rings is 1. The van der Waals surface area contributed by atoms with Crippen LogP contribution in [-0.4, -0.2) is 67.8 Å². The van der Waals surface area contributed by atoms with Gasteiger partial charge in [0, 0.05) is 13.7 Å². The van der Waals surface area contributed by atoms with E-state index in [-0.39, 0.29) is 12.4 Å². The summed E-state index contributed by atoms with van der Waals surface area (Å²) in [6.07, 6.45) is 0.183. The number of aliphatic hydroxyl groups is 2. The molecule has 0 bridgehead atoms. The van der Waals surface area contributed by atoms with Crippen LogP contribution in [0.5, 0.6) is 0 Å². The standard InChI is InChI=1S/C12H18N6O4/c1-21-7-8(20)12(2-13,3-19)22-11(7)18-5-17-6-9(14)15-4-16-10(6)18/h4-5,7-8,11,19-20H,2-3,13H2,1H3,(H2,14,15,16)/t7-,8+,11-,12-/m1/s1. The van der Waals surface area contributed by atoms with Crippen LogP contribution < -0.4 is 11.5 Å². The van der Waals surface area contributed by atoms with Crippen LogP contribution in [0.25, 0.3) is 11.2 Å². The number of hydrogen-bond donors (Lipinski definition) is 4. The second-order valence-corrected chi connectivity index (χ2v) is 5.16. The van der Waals surface area contributed by atoms with E-state index >= 15 is 0 Å². The van der Waals surface area contributed by atoms with Gasteiger partial charge in [-0.2, -0.15) is 0 Å². The number of nitrogens with two attached hydrogens (primary N) is 2. The average molecular weight is 310 g/mol. The third-order valence-corrected chi connectivity index (χ3v) is 4.03. The molecule has 120 valence electrons. The molecule has 2 aromatic heterocycles. The number of rotatable bonds is 4. The molecule has 1 aliphatic rings. The number of fused-ring (bicyclic) bond motifs is 1. The second-order valence-electron chi connectivity index (χ2n) is 5.16. The van der Waals surface area contributed by atoms with E-state index in [0.29, 0.717) is 11.2 Å². The maximum Gasteiger partial charge on any atom is 0.167 e. The molecule has 0 aromatic carbocycles. The third-order valence-electron chi connectivity index (χ3n) is 4.03. The molecule has 0 unspecified atom stereocenters. The fourth-order valence-electron chi connectivity index (χ4n) is 2.71. The van der Waals surface area contributed by atoms with E-state index < -0.39 is 30.6 Å². The number of nitrogen functional groups attached to an aromatic ring is 1. The Balaban J connectivity index is 2.08. The number of nitrogens with zero attached hydrogens (tertiary/aromatic N) is 4. The van der Waals surface area contributed by atoms with Crippen LogP contribution in [0, 0.1) is 0 Å². The Labute approximate surface area is 125 Å². The maximum absolute atomic E-state index is 10.4. The SMILES string of the molecule is CO[C@H]1[C@H](n2cnc3c(N)ncnc32)O[C@](CN)(CO)[C@H]1O. The Hall–Kier alpha value is -1.85. The van der Waals surface area contributed by atoms with Crippen molar-refractivity contribution in [3.8, 4) is 0 Å². The summed E-state index contributed by atoms with van der Waals surface area (Å²) >= 11 is 0. The average Bonchev–Trinajstić information content (AvgIpc) is 3.07. The van der Waals surface area contributed by atoms with Gasteiger partial charge in [-0.3, -0.25) is 4.57 Å². The smallest absolute Gasteiger partial charge is 0.167 e. The van der Waals surface area contributed by atoms with Crippen LogP contribution in [0.2, 0.25) is 0 Å². The number of aromatic nitrogens is 4. The van der Waals surface area contributed by atoms with Gasteiger partial charge in [0.05, 0.1) is 12.9 Å². The lowest BCUT2D eigenvalue weighted by Crippen LogP contribution is -2.52. The molecular formula is C12H18N6O4. The van der Waals surface area contributed by atoms with E-state index in [9.17, 15) is 10.2 Å². The molecule has 22 heavy (non-hydrogen) atoms. The van der Waals surface area contributed by atoms with Crippen molar-refractivity contribution < 1.29 is 19.7 Å². The minimum atomic E-state index is -1.31. The first-order valence-corrected chi connectivity index (χ1v) is 6.70. The Morgan fingerprint density at radius 1 is 1.45 bits per heavy atom. The molecule has 2 aromatic rings. The molecule has 10 heteroatoms. The molecule has 10 nitrogen and oxygen atoms in total. The van der Waals surface area contributed by atoms with Crippen molar-refractivity contribution in [2.75, 3.05) is 26.0 Å². The highest BCUT2D eigenvalue weighted by atomic mass is 16.6. The molecule has 1 aliphatic heterocycles.